The summed E-state index contributed by atoms with van der Waals surface area (Å²) in [5, 5.41) is 4.94. The molecule has 10 aromatic rings. The summed E-state index contributed by atoms with van der Waals surface area (Å²) in [5.74, 6) is 0. The molecular weight excluding hydrogens is 761 g/mol. The average Bonchev–Trinajstić information content (AvgIpc) is 3.81. The standard InChI is InChI=1S/C61H46N2/c1-3-41-27-32-47(33-28-41)62(45-17-7-5-8-18-45)49-36-31-43-38-54-57(39-44(43)37-49)61(55-25-15-13-21-50(55)51-22-14-16-26-56(51)61)58-40-59(52-23-11-12-24-53(52)60(54)58)63(46-19-9-6-10-20-46)48-34-29-42(4-2)30-35-48/h5-40H,3-4H2,1-2H3. The normalized spacial score (nSPS) is 12.9. The van der Waals surface area contributed by atoms with Gasteiger partial charge in [0.25, 0.3) is 0 Å². The summed E-state index contributed by atoms with van der Waals surface area (Å²) in [5.41, 5.74) is 19.5. The van der Waals surface area contributed by atoms with Gasteiger partial charge in [0.05, 0.1) is 11.1 Å². The van der Waals surface area contributed by atoms with Crippen molar-refractivity contribution in [2.75, 3.05) is 9.80 Å². The van der Waals surface area contributed by atoms with Crippen molar-refractivity contribution in [2.45, 2.75) is 32.1 Å². The van der Waals surface area contributed by atoms with E-state index in [2.05, 4.69) is 242 Å². The summed E-state index contributed by atoms with van der Waals surface area (Å²) < 4.78 is 0. The van der Waals surface area contributed by atoms with Gasteiger partial charge in [0.15, 0.2) is 0 Å². The molecule has 0 N–H and O–H groups in total. The molecule has 0 saturated heterocycles. The molecule has 0 unspecified atom stereocenters. The molecule has 2 aliphatic rings. The summed E-state index contributed by atoms with van der Waals surface area (Å²) in [6, 6.07) is 81.8. The molecule has 300 valence electrons. The highest BCUT2D eigenvalue weighted by atomic mass is 15.1. The van der Waals surface area contributed by atoms with Gasteiger partial charge in [-0.3, -0.25) is 0 Å². The van der Waals surface area contributed by atoms with Crippen LogP contribution in [-0.2, 0) is 18.3 Å². The fourth-order valence-corrected chi connectivity index (χ4v) is 10.8. The third kappa shape index (κ3) is 5.64. The van der Waals surface area contributed by atoms with Crippen LogP contribution in [0.15, 0.2) is 218 Å². The van der Waals surface area contributed by atoms with E-state index >= 15 is 0 Å². The fraction of sp³-hybridized carbons (Fsp3) is 0.0820. The summed E-state index contributed by atoms with van der Waals surface area (Å²) >= 11 is 0. The van der Waals surface area contributed by atoms with Gasteiger partial charge in [-0.25, -0.2) is 0 Å². The number of hydrogen-bond acceptors (Lipinski definition) is 2. The Morgan fingerprint density at radius 1 is 0.333 bits per heavy atom. The van der Waals surface area contributed by atoms with Crippen molar-refractivity contribution in [1.82, 2.24) is 0 Å². The molecule has 0 amide bonds. The van der Waals surface area contributed by atoms with Crippen LogP contribution in [0.1, 0.15) is 47.2 Å². The van der Waals surface area contributed by atoms with Crippen LogP contribution in [0.3, 0.4) is 0 Å². The van der Waals surface area contributed by atoms with Gasteiger partial charge in [-0.05, 0) is 163 Å². The maximum atomic E-state index is 2.55. The van der Waals surface area contributed by atoms with Crippen molar-refractivity contribution in [3.05, 3.63) is 252 Å². The third-order valence-corrected chi connectivity index (χ3v) is 13.7. The first-order chi connectivity index (χ1) is 31.1. The summed E-state index contributed by atoms with van der Waals surface area (Å²) in [6.45, 7) is 4.44. The Labute approximate surface area is 370 Å². The lowest BCUT2D eigenvalue weighted by Gasteiger charge is -2.33. The lowest BCUT2D eigenvalue weighted by atomic mass is 9.70. The van der Waals surface area contributed by atoms with Gasteiger partial charge in [-0.2, -0.15) is 0 Å². The molecule has 0 aromatic heterocycles. The minimum Gasteiger partial charge on any atom is -0.310 e. The number of nitrogens with zero attached hydrogens (tertiary/aromatic N) is 2. The number of rotatable bonds is 8. The Morgan fingerprint density at radius 3 is 1.43 bits per heavy atom. The van der Waals surface area contributed by atoms with Gasteiger partial charge < -0.3 is 9.80 Å². The molecule has 0 atom stereocenters. The number of hydrogen-bond donors (Lipinski definition) is 0. The number of anilines is 6. The Bertz CT molecular complexity index is 3300. The van der Waals surface area contributed by atoms with Crippen LogP contribution in [0, 0.1) is 0 Å². The van der Waals surface area contributed by atoms with Crippen molar-refractivity contribution in [2.24, 2.45) is 0 Å². The largest absolute Gasteiger partial charge is 0.310 e. The lowest BCUT2D eigenvalue weighted by Crippen LogP contribution is -2.26. The molecule has 2 aliphatic carbocycles. The van der Waals surface area contributed by atoms with Crippen molar-refractivity contribution >= 4 is 55.7 Å². The van der Waals surface area contributed by atoms with Crippen LogP contribution >= 0.6 is 0 Å². The molecule has 0 bridgehead atoms. The highest BCUT2D eigenvalue weighted by molar-refractivity contribution is 6.13. The smallest absolute Gasteiger partial charge is 0.0726 e. The van der Waals surface area contributed by atoms with E-state index in [4.69, 9.17) is 0 Å². The third-order valence-electron chi connectivity index (χ3n) is 13.7. The van der Waals surface area contributed by atoms with E-state index in [1.54, 1.807) is 0 Å². The van der Waals surface area contributed by atoms with Gasteiger partial charge in [0, 0.05) is 33.8 Å². The lowest BCUT2D eigenvalue weighted by molar-refractivity contribution is 0.795. The molecule has 2 heteroatoms. The van der Waals surface area contributed by atoms with E-state index in [1.165, 1.54) is 82.9 Å². The molecule has 0 radical (unpaired) electrons. The monoisotopic (exact) mass is 806 g/mol. The summed E-state index contributed by atoms with van der Waals surface area (Å²) in [4.78, 5) is 4.86. The van der Waals surface area contributed by atoms with Crippen LogP contribution in [0.4, 0.5) is 34.1 Å². The molecule has 0 saturated carbocycles. The second-order valence-electron chi connectivity index (χ2n) is 17.0. The topological polar surface area (TPSA) is 6.48 Å². The SMILES string of the molecule is CCc1ccc(N(c2ccccc2)c2ccc3cc4c(cc3c2)C2(c3ccccc3-c3ccccc32)c2cc(N(c3ccccc3)c3ccc(CC)cc3)c3ccccc3c2-4)cc1. The number of fused-ring (bicyclic) bond motifs is 13. The molecule has 12 rings (SSSR count). The minimum atomic E-state index is -0.551. The molecule has 0 heterocycles. The quantitative estimate of drug-likeness (QED) is 0.151. The Kier molecular flexibility index (Phi) is 8.69. The fourth-order valence-electron chi connectivity index (χ4n) is 10.8. The first kappa shape index (κ1) is 37.1. The maximum absolute atomic E-state index is 2.55. The predicted molar refractivity (Wildman–Crippen MR) is 266 cm³/mol. The van der Waals surface area contributed by atoms with Gasteiger partial charge in [0.2, 0.25) is 0 Å². The Morgan fingerprint density at radius 2 is 0.825 bits per heavy atom. The first-order valence-corrected chi connectivity index (χ1v) is 22.4. The van der Waals surface area contributed by atoms with Crippen LogP contribution in [0.2, 0.25) is 0 Å². The predicted octanol–water partition coefficient (Wildman–Crippen LogP) is 16.4. The number of benzene rings is 10. The molecule has 0 fully saturated rings. The van der Waals surface area contributed by atoms with Gasteiger partial charge in [-0.1, -0.05) is 153 Å². The molecule has 63 heavy (non-hydrogen) atoms. The van der Waals surface area contributed by atoms with Crippen molar-refractivity contribution in [1.29, 1.82) is 0 Å². The van der Waals surface area contributed by atoms with Gasteiger partial charge in [0.1, 0.15) is 0 Å². The number of aryl methyl sites for hydroxylation is 2. The van der Waals surface area contributed by atoms with Crippen LogP contribution < -0.4 is 9.80 Å². The molecule has 1 spiro atoms. The van der Waals surface area contributed by atoms with E-state index in [0.29, 0.717) is 0 Å². The van der Waals surface area contributed by atoms with Crippen LogP contribution in [-0.4, -0.2) is 0 Å². The molecule has 2 nitrogen and oxygen atoms in total. The second kappa shape index (κ2) is 14.8. The molecule has 0 aliphatic heterocycles. The Hall–Kier alpha value is -7.68. The Balaban J connectivity index is 1.16. The van der Waals surface area contributed by atoms with E-state index in [-0.39, 0.29) is 0 Å². The average molecular weight is 807 g/mol. The van der Waals surface area contributed by atoms with Crippen molar-refractivity contribution in [3.63, 3.8) is 0 Å². The van der Waals surface area contributed by atoms with Crippen molar-refractivity contribution < 1.29 is 0 Å². The molecule has 10 aromatic carbocycles. The summed E-state index contributed by atoms with van der Waals surface area (Å²) in [6.07, 6.45) is 2.01. The highest BCUT2D eigenvalue weighted by Crippen LogP contribution is 2.65. The zero-order chi connectivity index (χ0) is 42.1. The minimum absolute atomic E-state index is 0.551. The highest BCUT2D eigenvalue weighted by Gasteiger charge is 2.52. The maximum Gasteiger partial charge on any atom is 0.0726 e. The van der Waals surface area contributed by atoms with Gasteiger partial charge in [-0.15, -0.1) is 0 Å². The van der Waals surface area contributed by atoms with Crippen LogP contribution in [0.25, 0.3) is 43.8 Å². The second-order valence-corrected chi connectivity index (χ2v) is 17.0. The number of para-hydroxylation sites is 2. The van der Waals surface area contributed by atoms with E-state index in [0.717, 1.165) is 41.3 Å². The zero-order valence-corrected chi connectivity index (χ0v) is 35.6. The molecular formula is C61H46N2. The van der Waals surface area contributed by atoms with Crippen LogP contribution in [0.5, 0.6) is 0 Å². The van der Waals surface area contributed by atoms with E-state index < -0.39 is 5.41 Å². The van der Waals surface area contributed by atoms with Gasteiger partial charge >= 0.3 is 0 Å². The zero-order valence-electron chi connectivity index (χ0n) is 35.6. The van der Waals surface area contributed by atoms with E-state index in [9.17, 15) is 0 Å². The van der Waals surface area contributed by atoms with E-state index in [1.807, 2.05) is 0 Å². The summed E-state index contributed by atoms with van der Waals surface area (Å²) in [7, 11) is 0. The van der Waals surface area contributed by atoms with Crippen molar-refractivity contribution in [3.8, 4) is 22.3 Å². The first-order valence-electron chi connectivity index (χ1n) is 22.4.